The van der Waals surface area contributed by atoms with E-state index < -0.39 is 36.2 Å². The molecule has 0 bridgehead atoms. The maximum Gasteiger partial charge on any atom is 0.407 e. The molecule has 1 aromatic heterocycles. The summed E-state index contributed by atoms with van der Waals surface area (Å²) < 4.78 is 5.52. The molecule has 10 nitrogen and oxygen atoms in total. The Morgan fingerprint density at radius 3 is 2.23 bits per heavy atom. The predicted octanol–water partition coefficient (Wildman–Crippen LogP) is 1.81. The quantitative estimate of drug-likeness (QED) is 0.314. The van der Waals surface area contributed by atoms with Crippen molar-refractivity contribution >= 4 is 18.0 Å². The molecule has 0 spiro atoms. The summed E-state index contributed by atoms with van der Waals surface area (Å²) in [6.07, 6.45) is 0.771. The first-order chi connectivity index (χ1) is 16.8. The predicted molar refractivity (Wildman–Crippen MR) is 126 cm³/mol. The fourth-order valence-electron chi connectivity index (χ4n) is 4.25. The average Bonchev–Trinajstić information content (AvgIpc) is 3.46. The number of amides is 2. The van der Waals surface area contributed by atoms with Gasteiger partial charge in [0.25, 0.3) is 0 Å². The lowest BCUT2D eigenvalue weighted by atomic mass is 9.98. The van der Waals surface area contributed by atoms with E-state index in [1.807, 2.05) is 48.5 Å². The summed E-state index contributed by atoms with van der Waals surface area (Å²) in [5, 5.41) is 23.7. The van der Waals surface area contributed by atoms with Crippen molar-refractivity contribution in [2.75, 3.05) is 6.61 Å². The molecule has 2 unspecified atom stereocenters. The smallest absolute Gasteiger partial charge is 0.407 e. The Morgan fingerprint density at radius 1 is 1.06 bits per heavy atom. The van der Waals surface area contributed by atoms with E-state index in [1.54, 1.807) is 0 Å². The lowest BCUT2D eigenvalue weighted by Gasteiger charge is -2.22. The Balaban J connectivity index is 1.45. The van der Waals surface area contributed by atoms with E-state index >= 15 is 0 Å². The molecule has 0 fully saturated rings. The maximum atomic E-state index is 12.8. The molecule has 5 N–H and O–H groups in total. The Bertz CT molecular complexity index is 1160. The van der Waals surface area contributed by atoms with Crippen LogP contribution in [0.2, 0.25) is 0 Å². The van der Waals surface area contributed by atoms with Gasteiger partial charge in [0.05, 0.1) is 12.4 Å². The van der Waals surface area contributed by atoms with Crippen molar-refractivity contribution in [1.82, 2.24) is 20.6 Å². The first kappa shape index (κ1) is 24.0. The number of nitrogens with one attached hydrogen (secondary N) is 3. The molecular formula is C25H26N4O6. The van der Waals surface area contributed by atoms with Crippen molar-refractivity contribution in [2.45, 2.75) is 37.5 Å². The van der Waals surface area contributed by atoms with Gasteiger partial charge in [-0.2, -0.15) is 0 Å². The number of carbonyl (C=O) groups is 3. The van der Waals surface area contributed by atoms with E-state index in [0.717, 1.165) is 22.3 Å². The van der Waals surface area contributed by atoms with Gasteiger partial charge >= 0.3 is 12.1 Å². The highest BCUT2D eigenvalue weighted by Gasteiger charge is 2.32. The lowest BCUT2D eigenvalue weighted by Crippen LogP contribution is -2.55. The average molecular weight is 479 g/mol. The Morgan fingerprint density at radius 2 is 1.69 bits per heavy atom. The van der Waals surface area contributed by atoms with Gasteiger partial charge in [-0.15, -0.1) is 0 Å². The number of alkyl carbamates (subject to hydrolysis) is 1. The van der Waals surface area contributed by atoms with Crippen LogP contribution in [-0.2, 0) is 20.7 Å². The van der Waals surface area contributed by atoms with Crippen LogP contribution in [0.1, 0.15) is 29.7 Å². The summed E-state index contributed by atoms with van der Waals surface area (Å²) >= 11 is 0. The molecule has 4 rings (SSSR count). The minimum absolute atomic E-state index is 0.0160. The van der Waals surface area contributed by atoms with Gasteiger partial charge in [-0.05, 0) is 29.2 Å². The standard InChI is InChI=1S/C25H26N4O6/c1-14(30)22(24(32)33)29-23(31)21(10-15-11-26-13-27-15)28-25(34)35-12-20-18-8-4-2-6-16(18)17-7-3-5-9-19(17)20/h2-9,11,13-14,20-22,30H,10,12H2,1H3,(H,26,27)(H,28,34)(H,29,31)(H,32,33)/t14?,21-,22?/m0/s1. The fourth-order valence-corrected chi connectivity index (χ4v) is 4.25. The molecule has 3 aromatic rings. The second kappa shape index (κ2) is 10.4. The van der Waals surface area contributed by atoms with Gasteiger partial charge in [-0.1, -0.05) is 48.5 Å². The van der Waals surface area contributed by atoms with Crippen LogP contribution in [0.3, 0.4) is 0 Å². The third kappa shape index (κ3) is 5.33. The fraction of sp³-hybridized carbons (Fsp3) is 0.280. The number of aromatic nitrogens is 2. The normalized spacial score (nSPS) is 14.8. The summed E-state index contributed by atoms with van der Waals surface area (Å²) in [5.41, 5.74) is 4.83. The van der Waals surface area contributed by atoms with Crippen molar-refractivity contribution in [1.29, 1.82) is 0 Å². The van der Waals surface area contributed by atoms with Gasteiger partial charge in [-0.25, -0.2) is 14.6 Å². The summed E-state index contributed by atoms with van der Waals surface area (Å²) in [6, 6.07) is 13.1. The number of hydrogen-bond acceptors (Lipinski definition) is 6. The summed E-state index contributed by atoms with van der Waals surface area (Å²) in [6.45, 7) is 1.31. The van der Waals surface area contributed by atoms with Crippen LogP contribution in [0.15, 0.2) is 61.1 Å². The van der Waals surface area contributed by atoms with E-state index in [0.29, 0.717) is 5.69 Å². The van der Waals surface area contributed by atoms with Gasteiger partial charge in [0.2, 0.25) is 5.91 Å². The molecule has 3 atom stereocenters. The van der Waals surface area contributed by atoms with E-state index in [2.05, 4.69) is 20.6 Å². The molecule has 10 heteroatoms. The van der Waals surface area contributed by atoms with E-state index in [-0.39, 0.29) is 18.9 Å². The zero-order valence-corrected chi connectivity index (χ0v) is 19.0. The van der Waals surface area contributed by atoms with Crippen LogP contribution in [-0.4, -0.2) is 62.9 Å². The summed E-state index contributed by atoms with van der Waals surface area (Å²) in [7, 11) is 0. The number of nitrogens with zero attached hydrogens (tertiary/aromatic N) is 1. The number of carboxylic acid groups (broad SMARTS) is 1. The van der Waals surface area contributed by atoms with Gasteiger partial charge in [-0.3, -0.25) is 4.79 Å². The van der Waals surface area contributed by atoms with Gasteiger partial charge < -0.3 is 30.6 Å². The number of aliphatic hydroxyl groups is 1. The minimum Gasteiger partial charge on any atom is -0.480 e. The molecule has 35 heavy (non-hydrogen) atoms. The number of carboxylic acids is 1. The third-order valence-corrected chi connectivity index (χ3v) is 5.98. The number of aliphatic hydroxyl groups excluding tert-OH is 1. The lowest BCUT2D eigenvalue weighted by molar-refractivity contribution is -0.145. The minimum atomic E-state index is -1.53. The molecule has 1 heterocycles. The molecule has 2 aromatic carbocycles. The molecular weight excluding hydrogens is 452 g/mol. The topological polar surface area (TPSA) is 154 Å². The largest absolute Gasteiger partial charge is 0.480 e. The van der Waals surface area contributed by atoms with Crippen molar-refractivity contribution in [3.8, 4) is 11.1 Å². The second-order valence-electron chi connectivity index (χ2n) is 8.37. The van der Waals surface area contributed by atoms with E-state index in [9.17, 15) is 24.6 Å². The number of benzene rings is 2. The van der Waals surface area contributed by atoms with E-state index in [4.69, 9.17) is 4.74 Å². The van der Waals surface area contributed by atoms with Crippen molar-refractivity contribution in [3.63, 3.8) is 0 Å². The van der Waals surface area contributed by atoms with Crippen molar-refractivity contribution < 1.29 is 29.3 Å². The monoisotopic (exact) mass is 478 g/mol. The van der Waals surface area contributed by atoms with Crippen LogP contribution < -0.4 is 10.6 Å². The first-order valence-corrected chi connectivity index (χ1v) is 11.1. The zero-order chi connectivity index (χ0) is 24.9. The number of aliphatic carboxylic acids is 1. The number of hydrogen-bond donors (Lipinski definition) is 5. The Hall–Kier alpha value is -4.18. The van der Waals surface area contributed by atoms with Crippen LogP contribution in [0.25, 0.3) is 11.1 Å². The molecule has 182 valence electrons. The van der Waals surface area contributed by atoms with Crippen LogP contribution >= 0.6 is 0 Å². The Labute approximate surface area is 201 Å². The van der Waals surface area contributed by atoms with Crippen molar-refractivity contribution in [3.05, 3.63) is 77.9 Å². The molecule has 0 aliphatic heterocycles. The van der Waals surface area contributed by atoms with Crippen molar-refractivity contribution in [2.24, 2.45) is 0 Å². The third-order valence-electron chi connectivity index (χ3n) is 5.98. The number of imidazole rings is 1. The van der Waals surface area contributed by atoms with Crippen LogP contribution in [0.5, 0.6) is 0 Å². The first-order valence-electron chi connectivity index (χ1n) is 11.1. The number of ether oxygens (including phenoxy) is 1. The van der Waals surface area contributed by atoms with Gasteiger partial charge in [0.1, 0.15) is 12.6 Å². The maximum absolute atomic E-state index is 12.8. The molecule has 0 radical (unpaired) electrons. The van der Waals surface area contributed by atoms with Crippen LogP contribution in [0, 0.1) is 0 Å². The Kier molecular flexibility index (Phi) is 7.11. The van der Waals surface area contributed by atoms with Gasteiger partial charge in [0, 0.05) is 24.2 Å². The number of rotatable bonds is 9. The molecule has 1 aliphatic rings. The second-order valence-corrected chi connectivity index (χ2v) is 8.37. The summed E-state index contributed by atoms with van der Waals surface area (Å²) in [4.78, 5) is 43.7. The van der Waals surface area contributed by atoms with Crippen LogP contribution in [0.4, 0.5) is 4.79 Å². The number of aromatic amines is 1. The number of H-pyrrole nitrogens is 1. The van der Waals surface area contributed by atoms with E-state index in [1.165, 1.54) is 19.4 Å². The number of fused-ring (bicyclic) bond motifs is 3. The SMILES string of the molecule is CC(O)C(NC(=O)[C@H](Cc1cnc[nH]1)NC(=O)OCC1c2ccccc2-c2ccccc21)C(=O)O. The zero-order valence-electron chi connectivity index (χ0n) is 19.0. The molecule has 2 amide bonds. The highest BCUT2D eigenvalue weighted by atomic mass is 16.5. The highest BCUT2D eigenvalue weighted by molar-refractivity contribution is 5.89. The molecule has 0 saturated carbocycles. The molecule has 0 saturated heterocycles. The van der Waals surface area contributed by atoms with Gasteiger partial charge in [0.15, 0.2) is 6.04 Å². The number of carbonyl (C=O) groups excluding carboxylic acids is 2. The molecule has 1 aliphatic carbocycles. The highest BCUT2D eigenvalue weighted by Crippen LogP contribution is 2.44. The summed E-state index contributed by atoms with van der Waals surface area (Å²) in [5.74, 6) is -2.32.